The van der Waals surface area contributed by atoms with Gasteiger partial charge in [0.1, 0.15) is 11.5 Å². The Labute approximate surface area is 121 Å². The largest absolute Gasteiger partial charge is 0.481 e. The number of benzene rings is 1. The second-order valence-corrected chi connectivity index (χ2v) is 4.89. The third kappa shape index (κ3) is 2.95. The second kappa shape index (κ2) is 5.43. The van der Waals surface area contributed by atoms with Crippen molar-refractivity contribution in [3.05, 3.63) is 34.1 Å². The number of carboxylic acids is 1. The number of alkyl halides is 3. The SMILES string of the molecule is O=C(O)[C@@H]1CN(c2ccc(F)cc2[N+](=O)[O-])C[C@H]1C(F)(F)F. The van der Waals surface area contributed by atoms with Gasteiger partial charge in [0.05, 0.1) is 22.8 Å². The average Bonchev–Trinajstić information content (AvgIpc) is 2.83. The smallest absolute Gasteiger partial charge is 0.394 e. The first-order valence-electron chi connectivity index (χ1n) is 6.09. The fourth-order valence-electron chi connectivity index (χ4n) is 2.49. The van der Waals surface area contributed by atoms with Crippen molar-refractivity contribution in [2.45, 2.75) is 6.18 Å². The minimum absolute atomic E-state index is 0.232. The number of nitrogens with zero attached hydrogens (tertiary/aromatic N) is 2. The van der Waals surface area contributed by atoms with Crippen molar-refractivity contribution in [3.8, 4) is 0 Å². The fraction of sp³-hybridized carbons (Fsp3) is 0.417. The molecule has 1 fully saturated rings. The standard InChI is InChI=1S/C12H10F4N2O4/c13-6-1-2-9(10(3-6)18(21)22)17-4-7(11(19)20)8(5-17)12(14,15)16/h1-3,7-8H,4-5H2,(H,19,20)/t7-,8-/m1/s1. The quantitative estimate of drug-likeness (QED) is 0.525. The van der Waals surface area contributed by atoms with Crippen molar-refractivity contribution in [3.63, 3.8) is 0 Å². The summed E-state index contributed by atoms with van der Waals surface area (Å²) in [5, 5.41) is 19.8. The summed E-state index contributed by atoms with van der Waals surface area (Å²) in [7, 11) is 0. The minimum Gasteiger partial charge on any atom is -0.481 e. The molecule has 0 bridgehead atoms. The van der Waals surface area contributed by atoms with Crippen LogP contribution in [-0.2, 0) is 4.79 Å². The molecule has 22 heavy (non-hydrogen) atoms. The molecule has 0 radical (unpaired) electrons. The molecule has 2 atom stereocenters. The Morgan fingerprint density at radius 3 is 2.45 bits per heavy atom. The van der Waals surface area contributed by atoms with Crippen molar-refractivity contribution in [1.29, 1.82) is 0 Å². The lowest BCUT2D eigenvalue weighted by atomic mass is 9.96. The van der Waals surface area contributed by atoms with Gasteiger partial charge in [0.15, 0.2) is 0 Å². The van der Waals surface area contributed by atoms with Gasteiger partial charge in [-0.3, -0.25) is 14.9 Å². The number of nitro benzene ring substituents is 1. The van der Waals surface area contributed by atoms with Gasteiger partial charge in [-0.2, -0.15) is 13.2 Å². The summed E-state index contributed by atoms with van der Waals surface area (Å²) < 4.78 is 51.8. The van der Waals surface area contributed by atoms with E-state index in [9.17, 15) is 32.5 Å². The highest BCUT2D eigenvalue weighted by Crippen LogP contribution is 2.41. The van der Waals surface area contributed by atoms with E-state index < -0.39 is 53.5 Å². The van der Waals surface area contributed by atoms with Crippen molar-refractivity contribution in [2.75, 3.05) is 18.0 Å². The van der Waals surface area contributed by atoms with Gasteiger partial charge in [-0.1, -0.05) is 0 Å². The first kappa shape index (κ1) is 16.0. The number of rotatable bonds is 3. The highest BCUT2D eigenvalue weighted by molar-refractivity contribution is 5.74. The van der Waals surface area contributed by atoms with Crippen LogP contribution in [0.5, 0.6) is 0 Å². The third-order valence-corrected chi connectivity index (χ3v) is 3.53. The van der Waals surface area contributed by atoms with E-state index in [-0.39, 0.29) is 5.69 Å². The van der Waals surface area contributed by atoms with E-state index >= 15 is 0 Å². The zero-order chi connectivity index (χ0) is 16.7. The van der Waals surface area contributed by atoms with E-state index in [1.807, 2.05) is 0 Å². The predicted octanol–water partition coefficient (Wildman–Crippen LogP) is 2.43. The molecule has 0 saturated carbocycles. The fourth-order valence-corrected chi connectivity index (χ4v) is 2.49. The van der Waals surface area contributed by atoms with Crippen molar-refractivity contribution < 1.29 is 32.4 Å². The van der Waals surface area contributed by atoms with Crippen LogP contribution in [0, 0.1) is 27.8 Å². The molecule has 0 spiro atoms. The van der Waals surface area contributed by atoms with Crippen LogP contribution in [0.15, 0.2) is 18.2 Å². The summed E-state index contributed by atoms with van der Waals surface area (Å²) in [6, 6.07) is 2.44. The van der Waals surface area contributed by atoms with Gasteiger partial charge in [0, 0.05) is 13.1 Å². The topological polar surface area (TPSA) is 83.7 Å². The summed E-state index contributed by atoms with van der Waals surface area (Å²) in [6.07, 6.45) is -4.74. The second-order valence-electron chi connectivity index (χ2n) is 4.89. The molecule has 2 rings (SSSR count). The van der Waals surface area contributed by atoms with E-state index in [2.05, 4.69) is 0 Å². The van der Waals surface area contributed by atoms with Crippen LogP contribution >= 0.6 is 0 Å². The zero-order valence-corrected chi connectivity index (χ0v) is 10.9. The van der Waals surface area contributed by atoms with Crippen molar-refractivity contribution >= 4 is 17.3 Å². The first-order valence-corrected chi connectivity index (χ1v) is 6.09. The van der Waals surface area contributed by atoms with Gasteiger partial charge in [-0.05, 0) is 12.1 Å². The van der Waals surface area contributed by atoms with Crippen LogP contribution in [0.25, 0.3) is 0 Å². The number of halogens is 4. The van der Waals surface area contributed by atoms with Gasteiger partial charge in [-0.25, -0.2) is 4.39 Å². The molecule has 1 N–H and O–H groups in total. The van der Waals surface area contributed by atoms with Crippen LogP contribution in [0.2, 0.25) is 0 Å². The van der Waals surface area contributed by atoms with E-state index in [0.717, 1.165) is 17.0 Å². The average molecular weight is 322 g/mol. The molecular weight excluding hydrogens is 312 g/mol. The molecule has 0 aliphatic carbocycles. The van der Waals surface area contributed by atoms with E-state index in [4.69, 9.17) is 5.11 Å². The number of carbonyl (C=O) groups is 1. The third-order valence-electron chi connectivity index (χ3n) is 3.53. The maximum absolute atomic E-state index is 13.1. The lowest BCUT2D eigenvalue weighted by Crippen LogP contribution is -2.33. The summed E-state index contributed by atoms with van der Waals surface area (Å²) in [4.78, 5) is 21.9. The Bertz CT molecular complexity index is 620. The van der Waals surface area contributed by atoms with Gasteiger partial charge in [0.2, 0.25) is 0 Å². The monoisotopic (exact) mass is 322 g/mol. The van der Waals surface area contributed by atoms with Gasteiger partial charge >= 0.3 is 12.1 Å². The number of carboxylic acid groups (broad SMARTS) is 1. The molecule has 1 saturated heterocycles. The van der Waals surface area contributed by atoms with Gasteiger partial charge in [0.25, 0.3) is 5.69 Å². The van der Waals surface area contributed by atoms with E-state index in [1.54, 1.807) is 0 Å². The molecule has 1 aromatic carbocycles. The number of anilines is 1. The molecule has 10 heteroatoms. The molecule has 0 unspecified atom stereocenters. The number of aliphatic carboxylic acids is 1. The molecule has 120 valence electrons. The van der Waals surface area contributed by atoms with Crippen LogP contribution < -0.4 is 4.90 Å². The lowest BCUT2D eigenvalue weighted by molar-refractivity contribution is -0.384. The molecule has 0 aromatic heterocycles. The maximum Gasteiger partial charge on any atom is 0.394 e. The van der Waals surface area contributed by atoms with Crippen LogP contribution in [0.3, 0.4) is 0 Å². The predicted molar refractivity (Wildman–Crippen MR) is 65.9 cm³/mol. The Balaban J connectivity index is 2.39. The summed E-state index contributed by atoms with van der Waals surface area (Å²) in [5.74, 6) is -6.41. The Morgan fingerprint density at radius 2 is 2.00 bits per heavy atom. The molecule has 6 nitrogen and oxygen atoms in total. The van der Waals surface area contributed by atoms with Crippen LogP contribution in [0.4, 0.5) is 28.9 Å². The normalized spacial score (nSPS) is 21.9. The van der Waals surface area contributed by atoms with E-state index in [1.165, 1.54) is 0 Å². The molecule has 1 aromatic rings. The van der Waals surface area contributed by atoms with Crippen molar-refractivity contribution in [1.82, 2.24) is 0 Å². The highest BCUT2D eigenvalue weighted by atomic mass is 19.4. The minimum atomic E-state index is -4.74. The number of nitro groups is 1. The Morgan fingerprint density at radius 1 is 1.36 bits per heavy atom. The van der Waals surface area contributed by atoms with Crippen LogP contribution in [-0.4, -0.2) is 35.3 Å². The maximum atomic E-state index is 13.1. The molecule has 1 heterocycles. The van der Waals surface area contributed by atoms with Crippen LogP contribution in [0.1, 0.15) is 0 Å². The molecule has 0 amide bonds. The Hall–Kier alpha value is -2.39. The Kier molecular flexibility index (Phi) is 3.94. The zero-order valence-electron chi connectivity index (χ0n) is 10.9. The molecule has 1 aliphatic rings. The molecular formula is C12H10F4N2O4. The summed E-state index contributed by atoms with van der Waals surface area (Å²) in [5.41, 5.74) is -0.934. The summed E-state index contributed by atoms with van der Waals surface area (Å²) in [6.45, 7) is -1.26. The first-order chi connectivity index (χ1) is 10.1. The number of hydrogen-bond acceptors (Lipinski definition) is 4. The van der Waals surface area contributed by atoms with Gasteiger partial charge in [-0.15, -0.1) is 0 Å². The summed E-state index contributed by atoms with van der Waals surface area (Å²) >= 11 is 0. The number of hydrogen-bond donors (Lipinski definition) is 1. The molecule has 1 aliphatic heterocycles. The van der Waals surface area contributed by atoms with E-state index in [0.29, 0.717) is 6.07 Å². The highest BCUT2D eigenvalue weighted by Gasteiger charge is 2.53. The van der Waals surface area contributed by atoms with Gasteiger partial charge < -0.3 is 10.0 Å². The van der Waals surface area contributed by atoms with Crippen molar-refractivity contribution in [2.24, 2.45) is 11.8 Å². The lowest BCUT2D eigenvalue weighted by Gasteiger charge is -2.19.